The minimum atomic E-state index is -0.284. The molecule has 1 heterocycles. The van der Waals surface area contributed by atoms with E-state index in [2.05, 4.69) is 17.1 Å². The molecular formula is C15H13NO2. The maximum Gasteiger partial charge on any atom is 0.338 e. The SMILES string of the molecule is COC(=O)c1ccnc2c1CCc1ccccc1-2. The van der Waals surface area contributed by atoms with Gasteiger partial charge in [-0.15, -0.1) is 0 Å². The van der Waals surface area contributed by atoms with Crippen molar-refractivity contribution in [3.05, 3.63) is 53.2 Å². The highest BCUT2D eigenvalue weighted by Gasteiger charge is 2.22. The molecule has 0 N–H and O–H groups in total. The molecular weight excluding hydrogens is 226 g/mol. The molecule has 90 valence electrons. The zero-order chi connectivity index (χ0) is 12.5. The number of carbonyl (C=O) groups excluding carboxylic acids is 1. The zero-order valence-corrected chi connectivity index (χ0v) is 10.1. The van der Waals surface area contributed by atoms with Gasteiger partial charge in [-0.3, -0.25) is 4.98 Å². The third-order valence-corrected chi connectivity index (χ3v) is 3.38. The van der Waals surface area contributed by atoms with Crippen molar-refractivity contribution in [2.75, 3.05) is 7.11 Å². The van der Waals surface area contributed by atoms with Gasteiger partial charge in [-0.25, -0.2) is 4.79 Å². The Morgan fingerprint density at radius 1 is 1.22 bits per heavy atom. The van der Waals surface area contributed by atoms with Crippen molar-refractivity contribution < 1.29 is 9.53 Å². The lowest BCUT2D eigenvalue weighted by molar-refractivity contribution is 0.0599. The number of hydrogen-bond donors (Lipinski definition) is 0. The van der Waals surface area contributed by atoms with E-state index in [9.17, 15) is 4.79 Å². The lowest BCUT2D eigenvalue weighted by Crippen LogP contribution is -2.13. The van der Waals surface area contributed by atoms with Gasteiger partial charge in [-0.2, -0.15) is 0 Å². The highest BCUT2D eigenvalue weighted by Crippen LogP contribution is 2.33. The molecule has 3 heteroatoms. The molecule has 2 aromatic rings. The van der Waals surface area contributed by atoms with Crippen LogP contribution in [-0.2, 0) is 17.6 Å². The molecule has 0 fully saturated rings. The third kappa shape index (κ3) is 1.59. The van der Waals surface area contributed by atoms with Gasteiger partial charge in [0.05, 0.1) is 18.4 Å². The molecule has 18 heavy (non-hydrogen) atoms. The van der Waals surface area contributed by atoms with E-state index in [4.69, 9.17) is 4.74 Å². The standard InChI is InChI=1S/C15H13NO2/c1-18-15(17)13-8-9-16-14-11-5-3-2-4-10(11)6-7-12(13)14/h2-5,8-9H,6-7H2,1H3. The van der Waals surface area contributed by atoms with E-state index in [-0.39, 0.29) is 5.97 Å². The van der Waals surface area contributed by atoms with Crippen LogP contribution >= 0.6 is 0 Å². The number of rotatable bonds is 1. The van der Waals surface area contributed by atoms with Gasteiger partial charge in [0.1, 0.15) is 0 Å². The number of aryl methyl sites for hydroxylation is 1. The molecule has 1 aromatic carbocycles. The second-order valence-corrected chi connectivity index (χ2v) is 4.33. The highest BCUT2D eigenvalue weighted by atomic mass is 16.5. The van der Waals surface area contributed by atoms with E-state index in [0.29, 0.717) is 5.56 Å². The molecule has 0 amide bonds. The quantitative estimate of drug-likeness (QED) is 0.718. The molecule has 1 aliphatic carbocycles. The smallest absolute Gasteiger partial charge is 0.338 e. The Hall–Kier alpha value is -2.16. The van der Waals surface area contributed by atoms with Crippen LogP contribution in [-0.4, -0.2) is 18.1 Å². The van der Waals surface area contributed by atoms with Crippen molar-refractivity contribution in [1.29, 1.82) is 0 Å². The van der Waals surface area contributed by atoms with Gasteiger partial charge < -0.3 is 4.74 Å². The molecule has 0 bridgehead atoms. The van der Waals surface area contributed by atoms with Crippen LogP contribution in [0.4, 0.5) is 0 Å². The van der Waals surface area contributed by atoms with Gasteiger partial charge in [0.15, 0.2) is 0 Å². The predicted octanol–water partition coefficient (Wildman–Crippen LogP) is 2.63. The number of pyridine rings is 1. The first-order valence-electron chi connectivity index (χ1n) is 5.95. The van der Waals surface area contributed by atoms with Crippen LogP contribution in [0.1, 0.15) is 21.5 Å². The summed E-state index contributed by atoms with van der Waals surface area (Å²) in [6, 6.07) is 9.94. The Morgan fingerprint density at radius 2 is 2.06 bits per heavy atom. The van der Waals surface area contributed by atoms with Gasteiger partial charge in [0, 0.05) is 11.8 Å². The first-order valence-corrected chi connectivity index (χ1v) is 5.95. The number of nitrogens with zero attached hydrogens (tertiary/aromatic N) is 1. The number of fused-ring (bicyclic) bond motifs is 3. The van der Waals surface area contributed by atoms with E-state index in [1.54, 1.807) is 12.3 Å². The van der Waals surface area contributed by atoms with E-state index in [0.717, 1.165) is 29.7 Å². The third-order valence-electron chi connectivity index (χ3n) is 3.38. The van der Waals surface area contributed by atoms with Crippen molar-refractivity contribution in [1.82, 2.24) is 4.98 Å². The number of methoxy groups -OCH3 is 1. The normalized spacial score (nSPS) is 12.5. The molecule has 0 aliphatic heterocycles. The van der Waals surface area contributed by atoms with Crippen LogP contribution in [0.5, 0.6) is 0 Å². The summed E-state index contributed by atoms with van der Waals surface area (Å²) >= 11 is 0. The summed E-state index contributed by atoms with van der Waals surface area (Å²) in [4.78, 5) is 16.2. The maximum absolute atomic E-state index is 11.7. The van der Waals surface area contributed by atoms with Gasteiger partial charge in [-0.05, 0) is 30.0 Å². The van der Waals surface area contributed by atoms with Gasteiger partial charge in [0.25, 0.3) is 0 Å². The first kappa shape index (κ1) is 11.0. The number of aromatic nitrogens is 1. The fourth-order valence-corrected chi connectivity index (χ4v) is 2.51. The molecule has 0 atom stereocenters. The molecule has 1 aliphatic rings. The fourth-order valence-electron chi connectivity index (χ4n) is 2.51. The van der Waals surface area contributed by atoms with Crippen molar-refractivity contribution in [2.24, 2.45) is 0 Å². The van der Waals surface area contributed by atoms with Crippen molar-refractivity contribution in [2.45, 2.75) is 12.8 Å². The van der Waals surface area contributed by atoms with E-state index in [1.165, 1.54) is 12.7 Å². The van der Waals surface area contributed by atoms with Crippen LogP contribution in [0.15, 0.2) is 36.5 Å². The van der Waals surface area contributed by atoms with Crippen LogP contribution in [0.25, 0.3) is 11.3 Å². The monoisotopic (exact) mass is 239 g/mol. The van der Waals surface area contributed by atoms with Crippen molar-refractivity contribution in [3.8, 4) is 11.3 Å². The topological polar surface area (TPSA) is 39.2 Å². The van der Waals surface area contributed by atoms with Gasteiger partial charge in [-0.1, -0.05) is 24.3 Å². The summed E-state index contributed by atoms with van der Waals surface area (Å²) in [5.41, 5.74) is 4.98. The average molecular weight is 239 g/mol. The molecule has 0 spiro atoms. The molecule has 3 rings (SSSR count). The largest absolute Gasteiger partial charge is 0.465 e. The summed E-state index contributed by atoms with van der Waals surface area (Å²) in [7, 11) is 1.41. The zero-order valence-electron chi connectivity index (χ0n) is 10.1. The van der Waals surface area contributed by atoms with Crippen LogP contribution in [0.2, 0.25) is 0 Å². The van der Waals surface area contributed by atoms with Gasteiger partial charge in [0.2, 0.25) is 0 Å². The summed E-state index contributed by atoms with van der Waals surface area (Å²) in [5, 5.41) is 0. The van der Waals surface area contributed by atoms with Crippen molar-refractivity contribution in [3.63, 3.8) is 0 Å². The lowest BCUT2D eigenvalue weighted by Gasteiger charge is -2.20. The number of ether oxygens (including phenoxy) is 1. The number of benzene rings is 1. The van der Waals surface area contributed by atoms with Crippen LogP contribution in [0, 0.1) is 0 Å². The predicted molar refractivity (Wildman–Crippen MR) is 68.4 cm³/mol. The Bertz CT molecular complexity index is 620. The van der Waals surface area contributed by atoms with E-state index >= 15 is 0 Å². The fraction of sp³-hybridized carbons (Fsp3) is 0.200. The maximum atomic E-state index is 11.7. The Balaban J connectivity index is 2.21. The number of carbonyl (C=O) groups is 1. The summed E-state index contributed by atoms with van der Waals surface area (Å²) in [6.07, 6.45) is 3.46. The number of hydrogen-bond acceptors (Lipinski definition) is 3. The molecule has 0 saturated heterocycles. The summed E-state index contributed by atoms with van der Waals surface area (Å²) in [6.45, 7) is 0. The Morgan fingerprint density at radius 3 is 2.89 bits per heavy atom. The number of esters is 1. The first-order chi connectivity index (χ1) is 8.81. The molecule has 0 unspecified atom stereocenters. The van der Waals surface area contributed by atoms with E-state index in [1.807, 2.05) is 12.1 Å². The summed E-state index contributed by atoms with van der Waals surface area (Å²) in [5.74, 6) is -0.284. The van der Waals surface area contributed by atoms with Crippen LogP contribution < -0.4 is 0 Å². The Labute approximate surface area is 105 Å². The lowest BCUT2D eigenvalue weighted by atomic mass is 9.87. The van der Waals surface area contributed by atoms with Gasteiger partial charge >= 0.3 is 5.97 Å². The molecule has 1 aromatic heterocycles. The minimum absolute atomic E-state index is 0.284. The highest BCUT2D eigenvalue weighted by molar-refractivity contribution is 5.93. The molecule has 0 radical (unpaired) electrons. The van der Waals surface area contributed by atoms with Crippen molar-refractivity contribution >= 4 is 5.97 Å². The average Bonchev–Trinajstić information content (AvgIpc) is 2.45. The second-order valence-electron chi connectivity index (χ2n) is 4.33. The van der Waals surface area contributed by atoms with Crippen LogP contribution in [0.3, 0.4) is 0 Å². The Kier molecular flexibility index (Phi) is 2.59. The van der Waals surface area contributed by atoms with E-state index < -0.39 is 0 Å². The summed E-state index contributed by atoms with van der Waals surface area (Å²) < 4.78 is 4.82. The second kappa shape index (κ2) is 4.26. The molecule has 3 nitrogen and oxygen atoms in total. The molecule has 0 saturated carbocycles. The minimum Gasteiger partial charge on any atom is -0.465 e.